The maximum absolute atomic E-state index is 13.0. The second-order valence-electron chi connectivity index (χ2n) is 7.12. The van der Waals surface area contributed by atoms with Crippen molar-refractivity contribution in [2.24, 2.45) is 0 Å². The van der Waals surface area contributed by atoms with Gasteiger partial charge in [0.1, 0.15) is 6.10 Å². The third kappa shape index (κ3) is 4.96. The van der Waals surface area contributed by atoms with E-state index in [-0.39, 0.29) is 12.1 Å². The number of amides is 2. The number of carbonyl (C=O) groups is 2. The van der Waals surface area contributed by atoms with Gasteiger partial charge < -0.3 is 15.4 Å². The Morgan fingerprint density at radius 3 is 2.41 bits per heavy atom. The Balaban J connectivity index is 1.84. The minimum atomic E-state index is -0.630. The summed E-state index contributed by atoms with van der Waals surface area (Å²) >= 11 is 12.1. The first-order chi connectivity index (χ1) is 13.0. The summed E-state index contributed by atoms with van der Waals surface area (Å²) < 4.78 is 5.83. The molecule has 1 heterocycles. The molecule has 1 atom stereocenters. The second kappa shape index (κ2) is 8.98. The molecule has 0 radical (unpaired) electrons. The van der Waals surface area contributed by atoms with E-state index in [4.69, 9.17) is 27.9 Å². The fraction of sp³-hybridized carbons (Fsp3) is 0.500. The van der Waals surface area contributed by atoms with E-state index in [0.29, 0.717) is 26.9 Å². The molecule has 0 bridgehead atoms. The molecule has 2 N–H and O–H groups in total. The molecule has 1 aromatic rings. The van der Waals surface area contributed by atoms with Crippen LogP contribution in [-0.4, -0.2) is 18.1 Å². The fourth-order valence-electron chi connectivity index (χ4n) is 3.66. The number of rotatable bonds is 3. The van der Waals surface area contributed by atoms with E-state index in [1.54, 1.807) is 25.1 Å². The number of hydrogen-bond acceptors (Lipinski definition) is 3. The molecular weight excluding hydrogens is 387 g/mol. The molecule has 2 amide bonds. The van der Waals surface area contributed by atoms with Gasteiger partial charge in [-0.3, -0.25) is 0 Å². The van der Waals surface area contributed by atoms with Crippen molar-refractivity contribution in [1.82, 2.24) is 10.6 Å². The van der Waals surface area contributed by atoms with Gasteiger partial charge in [0.15, 0.2) is 0 Å². The van der Waals surface area contributed by atoms with Gasteiger partial charge in [-0.1, -0.05) is 48.5 Å². The van der Waals surface area contributed by atoms with Crippen molar-refractivity contribution in [3.63, 3.8) is 0 Å². The number of hydrogen-bond donors (Lipinski definition) is 2. The van der Waals surface area contributed by atoms with Crippen molar-refractivity contribution in [3.05, 3.63) is 45.1 Å². The number of nitrogens with one attached hydrogen (secondary N) is 2. The summed E-state index contributed by atoms with van der Waals surface area (Å²) in [6.07, 6.45) is 7.44. The minimum absolute atomic E-state index is 0.0785. The Bertz CT molecular complexity index is 756. The first kappa shape index (κ1) is 20.0. The molecule has 0 saturated heterocycles. The number of carbonyl (C=O) groups excluding carboxylic acids is 2. The third-order valence-electron chi connectivity index (χ3n) is 5.09. The van der Waals surface area contributed by atoms with Crippen LogP contribution in [-0.2, 0) is 9.53 Å². The number of urea groups is 1. The van der Waals surface area contributed by atoms with Crippen LogP contribution < -0.4 is 10.6 Å². The number of esters is 1. The number of ether oxygens (including phenoxy) is 1. The summed E-state index contributed by atoms with van der Waals surface area (Å²) in [6.45, 7) is 1.71. The Morgan fingerprint density at radius 2 is 1.74 bits per heavy atom. The largest absolute Gasteiger partial charge is 0.459 e. The third-order valence-corrected chi connectivity index (χ3v) is 5.83. The Kier molecular flexibility index (Phi) is 6.66. The van der Waals surface area contributed by atoms with Crippen molar-refractivity contribution in [2.45, 2.75) is 64.0 Å². The molecule has 2 aliphatic rings. The van der Waals surface area contributed by atoms with Crippen molar-refractivity contribution in [3.8, 4) is 0 Å². The molecule has 5 nitrogen and oxygen atoms in total. The summed E-state index contributed by atoms with van der Waals surface area (Å²) in [6, 6.07) is 4.07. The van der Waals surface area contributed by atoms with Gasteiger partial charge in [-0.15, -0.1) is 0 Å². The Hall–Kier alpha value is -1.72. The zero-order chi connectivity index (χ0) is 19.4. The fourth-order valence-corrected chi connectivity index (χ4v) is 3.96. The topological polar surface area (TPSA) is 67.4 Å². The predicted molar refractivity (Wildman–Crippen MR) is 106 cm³/mol. The van der Waals surface area contributed by atoms with Crippen molar-refractivity contribution in [2.75, 3.05) is 0 Å². The monoisotopic (exact) mass is 410 g/mol. The summed E-state index contributed by atoms with van der Waals surface area (Å²) in [7, 11) is 0. The molecule has 0 aromatic heterocycles. The van der Waals surface area contributed by atoms with Gasteiger partial charge in [-0.05, 0) is 50.3 Å². The van der Waals surface area contributed by atoms with Crippen LogP contribution in [0.4, 0.5) is 4.79 Å². The average Bonchev–Trinajstić information content (AvgIpc) is 2.58. The molecule has 1 fully saturated rings. The van der Waals surface area contributed by atoms with Gasteiger partial charge in [-0.2, -0.15) is 0 Å². The van der Waals surface area contributed by atoms with E-state index < -0.39 is 12.0 Å². The molecule has 7 heteroatoms. The molecule has 1 aromatic carbocycles. The van der Waals surface area contributed by atoms with Crippen LogP contribution in [0, 0.1) is 0 Å². The van der Waals surface area contributed by atoms with Crippen LogP contribution in [0.5, 0.6) is 0 Å². The van der Waals surface area contributed by atoms with Crippen LogP contribution in [0.25, 0.3) is 0 Å². The maximum atomic E-state index is 13.0. The lowest BCUT2D eigenvalue weighted by molar-refractivity contribution is -0.145. The lowest BCUT2D eigenvalue weighted by Crippen LogP contribution is -2.45. The standard InChI is InChI=1S/C20H24Cl2N2O3/c1-12-17(19(25)27-14-7-5-3-2-4-6-8-14)18(24-20(26)23-12)13-9-10-15(21)16(22)11-13/h9-11,14,18H,2-8H2,1H3,(H2,23,24,26). The van der Waals surface area contributed by atoms with Crippen molar-refractivity contribution < 1.29 is 14.3 Å². The highest BCUT2D eigenvalue weighted by molar-refractivity contribution is 6.42. The van der Waals surface area contributed by atoms with Crippen LogP contribution >= 0.6 is 23.2 Å². The molecule has 146 valence electrons. The summed E-state index contributed by atoms with van der Waals surface area (Å²) in [5.41, 5.74) is 1.57. The van der Waals surface area contributed by atoms with Crippen LogP contribution in [0.1, 0.15) is 63.5 Å². The van der Waals surface area contributed by atoms with E-state index in [2.05, 4.69) is 10.6 Å². The van der Waals surface area contributed by atoms with Gasteiger partial charge in [0, 0.05) is 5.70 Å². The molecule has 1 aliphatic heterocycles. The van der Waals surface area contributed by atoms with Gasteiger partial charge >= 0.3 is 12.0 Å². The number of benzene rings is 1. The molecular formula is C20H24Cl2N2O3. The normalized spacial score (nSPS) is 21.7. The van der Waals surface area contributed by atoms with E-state index in [1.807, 2.05) is 0 Å². The smallest absolute Gasteiger partial charge is 0.338 e. The minimum Gasteiger partial charge on any atom is -0.459 e. The van der Waals surface area contributed by atoms with Crippen LogP contribution in [0.3, 0.4) is 0 Å². The van der Waals surface area contributed by atoms with E-state index in [9.17, 15) is 9.59 Å². The predicted octanol–water partition coefficient (Wildman–Crippen LogP) is 5.28. The summed E-state index contributed by atoms with van der Waals surface area (Å²) in [5, 5.41) is 6.24. The van der Waals surface area contributed by atoms with Crippen LogP contribution in [0.2, 0.25) is 10.0 Å². The zero-order valence-corrected chi connectivity index (χ0v) is 16.8. The zero-order valence-electron chi connectivity index (χ0n) is 15.3. The summed E-state index contributed by atoms with van der Waals surface area (Å²) in [4.78, 5) is 25.0. The quantitative estimate of drug-likeness (QED) is 0.666. The van der Waals surface area contributed by atoms with Crippen LogP contribution in [0.15, 0.2) is 29.5 Å². The molecule has 3 rings (SSSR count). The molecule has 1 unspecified atom stereocenters. The lowest BCUT2D eigenvalue weighted by atomic mass is 9.95. The van der Waals surface area contributed by atoms with Crippen molar-refractivity contribution >= 4 is 35.2 Å². The molecule has 1 saturated carbocycles. The lowest BCUT2D eigenvalue weighted by Gasteiger charge is -2.30. The highest BCUT2D eigenvalue weighted by Crippen LogP contribution is 2.32. The van der Waals surface area contributed by atoms with Crippen molar-refractivity contribution in [1.29, 1.82) is 0 Å². The average molecular weight is 411 g/mol. The first-order valence-corrected chi connectivity index (χ1v) is 10.2. The Labute approximate surface area is 169 Å². The highest BCUT2D eigenvalue weighted by Gasteiger charge is 2.33. The molecule has 27 heavy (non-hydrogen) atoms. The molecule has 1 aliphatic carbocycles. The highest BCUT2D eigenvalue weighted by atomic mass is 35.5. The summed E-state index contributed by atoms with van der Waals surface area (Å²) in [5.74, 6) is -0.401. The van der Waals surface area contributed by atoms with Gasteiger partial charge in [0.2, 0.25) is 0 Å². The van der Waals surface area contributed by atoms with Gasteiger partial charge in [0.25, 0.3) is 0 Å². The Morgan fingerprint density at radius 1 is 1.07 bits per heavy atom. The molecule has 0 spiro atoms. The number of allylic oxidation sites excluding steroid dienone is 1. The first-order valence-electron chi connectivity index (χ1n) is 9.40. The SMILES string of the molecule is CC1=C(C(=O)OC2CCCCCCC2)C(c2ccc(Cl)c(Cl)c2)NC(=O)N1. The maximum Gasteiger partial charge on any atom is 0.338 e. The van der Waals surface area contributed by atoms with Gasteiger partial charge in [0.05, 0.1) is 21.7 Å². The number of halogens is 2. The van der Waals surface area contributed by atoms with Gasteiger partial charge in [-0.25, -0.2) is 9.59 Å². The van der Waals surface area contributed by atoms with E-state index in [1.165, 1.54) is 19.3 Å². The second-order valence-corrected chi connectivity index (χ2v) is 7.93. The van der Waals surface area contributed by atoms with E-state index >= 15 is 0 Å². The van der Waals surface area contributed by atoms with E-state index in [0.717, 1.165) is 25.7 Å².